The summed E-state index contributed by atoms with van der Waals surface area (Å²) in [6, 6.07) is 5.04. The third-order valence-electron chi connectivity index (χ3n) is 2.39. The minimum Gasteiger partial charge on any atom is -0.441 e. The summed E-state index contributed by atoms with van der Waals surface area (Å²) in [6.45, 7) is 1.67. The molecule has 0 atom stereocenters. The van der Waals surface area contributed by atoms with Gasteiger partial charge in [0.2, 0.25) is 5.89 Å². The standard InChI is InChI=1S/C13H15NO4S/c1-10-12(8-9-17-19(2,15)16)14-13(18-10)11-6-4-3-5-7-11/h3-7H,8-9H2,1-2H3/i6D,7D. The maximum Gasteiger partial charge on any atom is 0.264 e. The minimum absolute atomic E-state index is 0.0259. The zero-order valence-corrected chi connectivity index (χ0v) is 11.5. The lowest BCUT2D eigenvalue weighted by Crippen LogP contribution is -2.06. The van der Waals surface area contributed by atoms with Crippen LogP contribution in [0, 0.1) is 6.92 Å². The second-order valence-corrected chi connectivity index (χ2v) is 5.63. The van der Waals surface area contributed by atoms with Crippen molar-refractivity contribution >= 4 is 10.1 Å². The van der Waals surface area contributed by atoms with Crippen molar-refractivity contribution in [1.29, 1.82) is 0 Å². The Hall–Kier alpha value is -1.66. The van der Waals surface area contributed by atoms with Gasteiger partial charge in [0, 0.05) is 12.0 Å². The smallest absolute Gasteiger partial charge is 0.264 e. The van der Waals surface area contributed by atoms with E-state index in [2.05, 4.69) is 9.17 Å². The molecule has 0 saturated heterocycles. The van der Waals surface area contributed by atoms with Crippen LogP contribution in [0.5, 0.6) is 0 Å². The highest BCUT2D eigenvalue weighted by atomic mass is 32.2. The molecule has 102 valence electrons. The molecule has 0 fully saturated rings. The summed E-state index contributed by atoms with van der Waals surface area (Å²) in [5.74, 6) is 0.710. The number of nitrogens with zero attached hydrogens (tertiary/aromatic N) is 1. The monoisotopic (exact) mass is 283 g/mol. The molecule has 0 aliphatic heterocycles. The SMILES string of the molecule is [2H]c1cccc([2H])c1-c1nc(CCOS(C)(=O)=O)c(C)o1. The highest BCUT2D eigenvalue weighted by molar-refractivity contribution is 7.85. The summed E-state index contributed by atoms with van der Waals surface area (Å²) < 4.78 is 47.6. The molecular formula is C13H15NO4S. The highest BCUT2D eigenvalue weighted by Gasteiger charge is 2.12. The Morgan fingerprint density at radius 3 is 2.68 bits per heavy atom. The van der Waals surface area contributed by atoms with E-state index in [9.17, 15) is 8.42 Å². The Balaban J connectivity index is 2.23. The molecular weight excluding hydrogens is 266 g/mol. The van der Waals surface area contributed by atoms with Crippen LogP contribution >= 0.6 is 0 Å². The van der Waals surface area contributed by atoms with Gasteiger partial charge < -0.3 is 4.42 Å². The topological polar surface area (TPSA) is 69.4 Å². The molecule has 1 aromatic carbocycles. The highest BCUT2D eigenvalue weighted by Crippen LogP contribution is 2.21. The Kier molecular flexibility index (Phi) is 3.26. The Morgan fingerprint density at radius 2 is 2.05 bits per heavy atom. The van der Waals surface area contributed by atoms with E-state index < -0.39 is 10.1 Å². The first kappa shape index (κ1) is 11.2. The number of aromatic nitrogens is 1. The van der Waals surface area contributed by atoms with E-state index >= 15 is 0 Å². The quantitative estimate of drug-likeness (QED) is 0.786. The van der Waals surface area contributed by atoms with Crippen molar-refractivity contribution in [2.24, 2.45) is 0 Å². The van der Waals surface area contributed by atoms with Gasteiger partial charge in [0.05, 0.1) is 21.3 Å². The van der Waals surface area contributed by atoms with Crippen LogP contribution in [0.2, 0.25) is 0 Å². The Labute approximate surface area is 115 Å². The van der Waals surface area contributed by atoms with Crippen LogP contribution in [0.15, 0.2) is 34.7 Å². The van der Waals surface area contributed by atoms with E-state index in [1.54, 1.807) is 25.1 Å². The predicted octanol–water partition coefficient (Wildman–Crippen LogP) is 2.17. The maximum atomic E-state index is 10.9. The van der Waals surface area contributed by atoms with Crippen molar-refractivity contribution in [3.05, 3.63) is 41.7 Å². The van der Waals surface area contributed by atoms with Gasteiger partial charge in [-0.15, -0.1) is 0 Å². The molecule has 0 saturated carbocycles. The van der Waals surface area contributed by atoms with Gasteiger partial charge in [0.15, 0.2) is 0 Å². The van der Waals surface area contributed by atoms with E-state index in [0.29, 0.717) is 17.0 Å². The second-order valence-electron chi connectivity index (χ2n) is 3.99. The van der Waals surface area contributed by atoms with Crippen LogP contribution in [-0.4, -0.2) is 26.3 Å². The molecule has 5 nitrogen and oxygen atoms in total. The lowest BCUT2D eigenvalue weighted by atomic mass is 10.2. The molecule has 0 unspecified atom stereocenters. The molecule has 1 aromatic heterocycles. The zero-order chi connectivity index (χ0) is 15.6. The lowest BCUT2D eigenvalue weighted by Gasteiger charge is -1.98. The summed E-state index contributed by atoms with van der Waals surface area (Å²) in [5, 5.41) is 0. The maximum absolute atomic E-state index is 10.9. The number of benzene rings is 1. The van der Waals surface area contributed by atoms with E-state index in [1.165, 1.54) is 0 Å². The molecule has 0 radical (unpaired) electrons. The van der Waals surface area contributed by atoms with E-state index in [0.717, 1.165) is 6.26 Å². The van der Waals surface area contributed by atoms with Gasteiger partial charge in [0.25, 0.3) is 10.1 Å². The van der Waals surface area contributed by atoms with Crippen molar-refractivity contribution in [3.8, 4) is 11.5 Å². The van der Waals surface area contributed by atoms with Crippen LogP contribution in [-0.2, 0) is 20.7 Å². The predicted molar refractivity (Wildman–Crippen MR) is 71.2 cm³/mol. The van der Waals surface area contributed by atoms with Gasteiger partial charge in [-0.1, -0.05) is 18.2 Å². The fraction of sp³-hybridized carbons (Fsp3) is 0.308. The first-order valence-electron chi connectivity index (χ1n) is 6.65. The van der Waals surface area contributed by atoms with Crippen molar-refractivity contribution < 1.29 is 19.8 Å². The average molecular weight is 283 g/mol. The van der Waals surface area contributed by atoms with Crippen LogP contribution in [0.3, 0.4) is 0 Å². The molecule has 19 heavy (non-hydrogen) atoms. The van der Waals surface area contributed by atoms with E-state index in [-0.39, 0.29) is 31.0 Å². The molecule has 0 amide bonds. The van der Waals surface area contributed by atoms with Crippen molar-refractivity contribution in [3.63, 3.8) is 0 Å². The summed E-state index contributed by atoms with van der Waals surface area (Å²) in [4.78, 5) is 4.24. The third-order valence-corrected chi connectivity index (χ3v) is 2.99. The summed E-state index contributed by atoms with van der Waals surface area (Å²) >= 11 is 0. The molecule has 0 bridgehead atoms. The number of rotatable bonds is 5. The van der Waals surface area contributed by atoms with Crippen LogP contribution in [0.1, 0.15) is 14.2 Å². The molecule has 0 spiro atoms. The summed E-state index contributed by atoms with van der Waals surface area (Å²) in [6.07, 6.45) is 1.26. The molecule has 0 N–H and O–H groups in total. The van der Waals surface area contributed by atoms with Gasteiger partial charge in [-0.3, -0.25) is 4.18 Å². The van der Waals surface area contributed by atoms with Crippen molar-refractivity contribution in [1.82, 2.24) is 4.98 Å². The second kappa shape index (κ2) is 5.54. The average Bonchev–Trinajstić information content (AvgIpc) is 2.69. The number of hydrogen-bond donors (Lipinski definition) is 0. The minimum atomic E-state index is -3.48. The fourth-order valence-corrected chi connectivity index (χ4v) is 1.92. The Bertz CT molecular complexity index is 735. The third kappa shape index (κ3) is 3.90. The number of oxazole rings is 1. The van der Waals surface area contributed by atoms with E-state index in [4.69, 9.17) is 7.16 Å². The fourth-order valence-electron chi connectivity index (χ4n) is 1.53. The molecule has 2 rings (SSSR count). The zero-order valence-electron chi connectivity index (χ0n) is 12.6. The molecule has 6 heteroatoms. The van der Waals surface area contributed by atoms with Gasteiger partial charge in [0.1, 0.15) is 5.76 Å². The van der Waals surface area contributed by atoms with Crippen molar-refractivity contribution in [2.45, 2.75) is 13.3 Å². The summed E-state index contributed by atoms with van der Waals surface area (Å²) in [5.41, 5.74) is 0.868. The Morgan fingerprint density at radius 1 is 1.37 bits per heavy atom. The molecule has 0 aliphatic rings. The summed E-state index contributed by atoms with van der Waals surface area (Å²) in [7, 11) is -3.48. The first-order valence-corrected chi connectivity index (χ1v) is 7.47. The molecule has 1 heterocycles. The van der Waals surface area contributed by atoms with E-state index in [1.807, 2.05) is 0 Å². The van der Waals surface area contributed by atoms with Crippen molar-refractivity contribution in [2.75, 3.05) is 12.9 Å². The van der Waals surface area contributed by atoms with Gasteiger partial charge >= 0.3 is 0 Å². The van der Waals surface area contributed by atoms with Gasteiger partial charge in [-0.25, -0.2) is 4.98 Å². The first-order chi connectivity index (χ1) is 9.78. The van der Waals surface area contributed by atoms with Crippen LogP contribution in [0.4, 0.5) is 0 Å². The van der Waals surface area contributed by atoms with Gasteiger partial charge in [-0.2, -0.15) is 8.42 Å². The number of aryl methyl sites for hydroxylation is 1. The number of hydrogen-bond acceptors (Lipinski definition) is 5. The largest absolute Gasteiger partial charge is 0.441 e. The van der Waals surface area contributed by atoms with Crippen LogP contribution in [0.25, 0.3) is 11.5 Å². The van der Waals surface area contributed by atoms with Gasteiger partial charge in [-0.05, 0) is 19.0 Å². The molecule has 0 aliphatic carbocycles. The molecule has 2 aromatic rings. The van der Waals surface area contributed by atoms with Crippen LogP contribution < -0.4 is 0 Å². The normalized spacial score (nSPS) is 13.2. The lowest BCUT2D eigenvalue weighted by molar-refractivity contribution is 0.324.